The van der Waals surface area contributed by atoms with E-state index >= 15 is 0 Å². The van der Waals surface area contributed by atoms with Crippen molar-refractivity contribution in [2.45, 2.75) is 39.8 Å². The summed E-state index contributed by atoms with van der Waals surface area (Å²) in [5.74, 6) is 0.954. The molecule has 0 saturated carbocycles. The highest BCUT2D eigenvalue weighted by atomic mass is 127. The van der Waals surface area contributed by atoms with Crippen LogP contribution >= 0.6 is 24.0 Å². The van der Waals surface area contributed by atoms with Crippen molar-refractivity contribution in [3.63, 3.8) is 0 Å². The summed E-state index contributed by atoms with van der Waals surface area (Å²) in [6, 6.07) is 5.95. The lowest BCUT2D eigenvalue weighted by Crippen LogP contribution is -2.72. The minimum absolute atomic E-state index is 0. The lowest BCUT2D eigenvalue weighted by molar-refractivity contribution is -0.0668. The summed E-state index contributed by atoms with van der Waals surface area (Å²) in [4.78, 5) is 11.0. The summed E-state index contributed by atoms with van der Waals surface area (Å²) in [6.45, 7) is 10.9. The fourth-order valence-electron chi connectivity index (χ4n) is 2.37. The van der Waals surface area contributed by atoms with Crippen molar-refractivity contribution >= 4 is 29.9 Å². The summed E-state index contributed by atoms with van der Waals surface area (Å²) in [5, 5.41) is 3.39. The Bertz CT molecular complexity index is 468. The topological polar surface area (TPSA) is 40.5 Å². The average Bonchev–Trinajstić information content (AvgIpc) is 2.39. The zero-order chi connectivity index (χ0) is 14.1. The van der Waals surface area contributed by atoms with E-state index in [1.165, 1.54) is 0 Å². The van der Waals surface area contributed by atoms with Crippen LogP contribution in [-0.2, 0) is 6.54 Å². The molecule has 112 valence electrons. The Hall–Kier alpha value is -0.850. The van der Waals surface area contributed by atoms with Crippen molar-refractivity contribution in [2.75, 3.05) is 13.6 Å². The smallest absolute Gasteiger partial charge is 0.194 e. The van der Waals surface area contributed by atoms with Crippen LogP contribution in [0.5, 0.6) is 0 Å². The zero-order valence-corrected chi connectivity index (χ0v) is 15.3. The van der Waals surface area contributed by atoms with Crippen LogP contribution in [0.2, 0.25) is 0 Å². The SMILES string of the molecule is CN=C(NCc1ccccn1)N1CC(C)(C)C1(C)C.I. The summed E-state index contributed by atoms with van der Waals surface area (Å²) in [6.07, 6.45) is 1.82. The Morgan fingerprint density at radius 3 is 2.50 bits per heavy atom. The number of nitrogens with zero attached hydrogens (tertiary/aromatic N) is 3. The first kappa shape index (κ1) is 17.2. The maximum absolute atomic E-state index is 4.39. The molecule has 1 aliphatic rings. The Labute approximate surface area is 139 Å². The standard InChI is InChI=1S/C15H24N4.HI/c1-14(2)11-19(15(14,3)4)13(16-5)18-10-12-8-6-7-9-17-12;/h6-9H,10-11H2,1-5H3,(H,16,18);1H. The van der Waals surface area contributed by atoms with Gasteiger partial charge in [-0.15, -0.1) is 24.0 Å². The molecule has 2 rings (SSSR count). The van der Waals surface area contributed by atoms with Gasteiger partial charge in [-0.1, -0.05) is 19.9 Å². The summed E-state index contributed by atoms with van der Waals surface area (Å²) < 4.78 is 0. The van der Waals surface area contributed by atoms with E-state index in [1.807, 2.05) is 31.4 Å². The number of pyridine rings is 1. The number of aliphatic imine (C=N–C) groups is 1. The molecule has 4 nitrogen and oxygen atoms in total. The number of rotatable bonds is 2. The predicted octanol–water partition coefficient (Wildman–Crippen LogP) is 2.90. The van der Waals surface area contributed by atoms with E-state index in [9.17, 15) is 0 Å². The Balaban J connectivity index is 0.00000200. The third-order valence-electron chi connectivity index (χ3n) is 4.51. The predicted molar refractivity (Wildman–Crippen MR) is 94.4 cm³/mol. The van der Waals surface area contributed by atoms with Crippen LogP contribution in [-0.4, -0.2) is 35.0 Å². The van der Waals surface area contributed by atoms with Crippen molar-refractivity contribution < 1.29 is 0 Å². The monoisotopic (exact) mass is 388 g/mol. The molecular formula is C15H25IN4. The molecule has 0 amide bonds. The van der Waals surface area contributed by atoms with Crippen molar-refractivity contribution in [3.8, 4) is 0 Å². The molecule has 0 atom stereocenters. The number of aromatic nitrogens is 1. The van der Waals surface area contributed by atoms with Gasteiger partial charge in [0.15, 0.2) is 5.96 Å². The number of hydrogen-bond acceptors (Lipinski definition) is 2. The van der Waals surface area contributed by atoms with Crippen LogP contribution < -0.4 is 5.32 Å². The molecule has 20 heavy (non-hydrogen) atoms. The van der Waals surface area contributed by atoms with Crippen LogP contribution in [0.4, 0.5) is 0 Å². The quantitative estimate of drug-likeness (QED) is 0.481. The zero-order valence-electron chi connectivity index (χ0n) is 13.0. The van der Waals surface area contributed by atoms with Gasteiger partial charge < -0.3 is 10.2 Å². The number of nitrogens with one attached hydrogen (secondary N) is 1. The summed E-state index contributed by atoms with van der Waals surface area (Å²) in [7, 11) is 1.84. The molecule has 0 unspecified atom stereocenters. The summed E-state index contributed by atoms with van der Waals surface area (Å²) >= 11 is 0. The van der Waals surface area contributed by atoms with E-state index in [-0.39, 0.29) is 29.5 Å². The molecule has 5 heteroatoms. The van der Waals surface area contributed by atoms with Crippen molar-refractivity contribution in [1.29, 1.82) is 0 Å². The number of hydrogen-bond donors (Lipinski definition) is 1. The van der Waals surface area contributed by atoms with Gasteiger partial charge in [0.1, 0.15) is 0 Å². The van der Waals surface area contributed by atoms with E-state index < -0.39 is 0 Å². The minimum atomic E-state index is 0. The molecule has 0 aliphatic carbocycles. The average molecular weight is 388 g/mol. The van der Waals surface area contributed by atoms with E-state index in [0.29, 0.717) is 12.0 Å². The molecular weight excluding hydrogens is 363 g/mol. The van der Waals surface area contributed by atoms with Gasteiger partial charge in [-0.3, -0.25) is 9.98 Å². The molecule has 1 aliphatic heterocycles. The molecule has 1 fully saturated rings. The number of halogens is 1. The van der Waals surface area contributed by atoms with Gasteiger partial charge in [0.05, 0.1) is 12.2 Å². The highest BCUT2D eigenvalue weighted by molar-refractivity contribution is 14.0. The van der Waals surface area contributed by atoms with E-state index in [4.69, 9.17) is 0 Å². The lowest BCUT2D eigenvalue weighted by Gasteiger charge is -2.62. The van der Waals surface area contributed by atoms with Crippen LogP contribution in [0.25, 0.3) is 0 Å². The van der Waals surface area contributed by atoms with Gasteiger partial charge in [-0.2, -0.15) is 0 Å². The summed E-state index contributed by atoms with van der Waals surface area (Å²) in [5.41, 5.74) is 1.47. The van der Waals surface area contributed by atoms with Crippen LogP contribution in [0.15, 0.2) is 29.4 Å². The molecule has 0 radical (unpaired) electrons. The second-order valence-electron chi connectivity index (χ2n) is 6.25. The number of guanidine groups is 1. The molecule has 1 aromatic heterocycles. The first-order valence-corrected chi connectivity index (χ1v) is 6.77. The van der Waals surface area contributed by atoms with Gasteiger partial charge in [0, 0.05) is 30.7 Å². The fourth-order valence-corrected chi connectivity index (χ4v) is 2.37. The Morgan fingerprint density at radius 1 is 1.35 bits per heavy atom. The Morgan fingerprint density at radius 2 is 2.05 bits per heavy atom. The van der Waals surface area contributed by atoms with Crippen molar-refractivity contribution in [3.05, 3.63) is 30.1 Å². The maximum atomic E-state index is 4.39. The van der Waals surface area contributed by atoms with Gasteiger partial charge in [-0.05, 0) is 26.0 Å². The first-order valence-electron chi connectivity index (χ1n) is 6.77. The highest BCUT2D eigenvalue weighted by Crippen LogP contribution is 2.46. The molecule has 2 heterocycles. The third-order valence-corrected chi connectivity index (χ3v) is 4.51. The minimum Gasteiger partial charge on any atom is -0.351 e. The molecule has 1 N–H and O–H groups in total. The largest absolute Gasteiger partial charge is 0.351 e. The van der Waals surface area contributed by atoms with Crippen LogP contribution in [0, 0.1) is 5.41 Å². The van der Waals surface area contributed by atoms with E-state index in [0.717, 1.165) is 18.2 Å². The third kappa shape index (κ3) is 3.07. The molecule has 0 spiro atoms. The van der Waals surface area contributed by atoms with Gasteiger partial charge in [0.2, 0.25) is 0 Å². The molecule has 1 saturated heterocycles. The maximum Gasteiger partial charge on any atom is 0.194 e. The van der Waals surface area contributed by atoms with Gasteiger partial charge in [0.25, 0.3) is 0 Å². The second-order valence-corrected chi connectivity index (χ2v) is 6.25. The second kappa shape index (κ2) is 6.28. The van der Waals surface area contributed by atoms with Crippen LogP contribution in [0.3, 0.4) is 0 Å². The molecule has 0 aromatic carbocycles. The van der Waals surface area contributed by atoms with Gasteiger partial charge in [-0.25, -0.2) is 0 Å². The van der Waals surface area contributed by atoms with Crippen molar-refractivity contribution in [2.24, 2.45) is 10.4 Å². The van der Waals surface area contributed by atoms with Crippen LogP contribution in [0.1, 0.15) is 33.4 Å². The normalized spacial score (nSPS) is 19.9. The van der Waals surface area contributed by atoms with E-state index in [2.05, 4.69) is 47.9 Å². The molecule has 1 aromatic rings. The first-order chi connectivity index (χ1) is 8.88. The van der Waals surface area contributed by atoms with E-state index in [1.54, 1.807) is 0 Å². The highest BCUT2D eigenvalue weighted by Gasteiger charge is 2.53. The number of likely N-dealkylation sites (tertiary alicyclic amines) is 1. The van der Waals surface area contributed by atoms with Gasteiger partial charge >= 0.3 is 0 Å². The fraction of sp³-hybridized carbons (Fsp3) is 0.600. The van der Waals surface area contributed by atoms with Crippen molar-refractivity contribution in [1.82, 2.24) is 15.2 Å². The Kier molecular flexibility index (Phi) is 5.40. The lowest BCUT2D eigenvalue weighted by atomic mass is 9.65. The molecule has 0 bridgehead atoms.